The standard InChI is InChI=1S/C30H43N5O4/c1-21(2)28-31-30(39-33-28)35-16-12-22(13-17-35)20-38-27-10-8-24(9-11-27)23-4-6-25(7-5-23)29(36)34-18-14-26(15-19-34)32-37-3/h4,8-11,21-22,25,30H,5-7,12-20H2,1-3H3,(H,31,33). The van der Waals surface area contributed by atoms with Gasteiger partial charge in [-0.1, -0.05) is 37.2 Å². The van der Waals surface area contributed by atoms with Crippen molar-refractivity contribution in [1.29, 1.82) is 0 Å². The van der Waals surface area contributed by atoms with E-state index >= 15 is 0 Å². The van der Waals surface area contributed by atoms with Crippen LogP contribution in [0.3, 0.4) is 0 Å². The van der Waals surface area contributed by atoms with Crippen LogP contribution in [0.15, 0.2) is 40.5 Å². The zero-order chi connectivity index (χ0) is 27.2. The maximum absolute atomic E-state index is 13.0. The molecule has 2 fully saturated rings. The van der Waals surface area contributed by atoms with Gasteiger partial charge in [0.05, 0.1) is 12.3 Å². The molecule has 0 bridgehead atoms. The molecule has 0 saturated carbocycles. The second kappa shape index (κ2) is 13.0. The number of likely N-dealkylation sites (tertiary alicyclic amines) is 2. The third-order valence-electron chi connectivity index (χ3n) is 8.37. The van der Waals surface area contributed by atoms with Crippen LogP contribution in [0, 0.1) is 17.8 Å². The van der Waals surface area contributed by atoms with Gasteiger partial charge in [-0.3, -0.25) is 9.69 Å². The lowest BCUT2D eigenvalue weighted by Gasteiger charge is -2.33. The van der Waals surface area contributed by atoms with E-state index in [-0.39, 0.29) is 18.2 Å². The predicted molar refractivity (Wildman–Crippen MR) is 152 cm³/mol. The average molecular weight is 538 g/mol. The highest BCUT2D eigenvalue weighted by Gasteiger charge is 2.31. The summed E-state index contributed by atoms with van der Waals surface area (Å²) in [6.07, 6.45) is 8.49. The highest BCUT2D eigenvalue weighted by atomic mass is 16.7. The first kappa shape index (κ1) is 27.6. The quantitative estimate of drug-likeness (QED) is 0.493. The van der Waals surface area contributed by atoms with E-state index in [9.17, 15) is 4.79 Å². The van der Waals surface area contributed by atoms with E-state index in [0.717, 1.165) is 95.0 Å². The first-order valence-corrected chi connectivity index (χ1v) is 14.5. The third-order valence-corrected chi connectivity index (χ3v) is 8.37. The molecule has 0 radical (unpaired) electrons. The lowest BCUT2D eigenvalue weighted by molar-refractivity contribution is -0.135. The summed E-state index contributed by atoms with van der Waals surface area (Å²) in [4.78, 5) is 32.5. The van der Waals surface area contributed by atoms with Gasteiger partial charge in [0.1, 0.15) is 18.7 Å². The fourth-order valence-electron chi connectivity index (χ4n) is 5.81. The largest absolute Gasteiger partial charge is 0.493 e. The summed E-state index contributed by atoms with van der Waals surface area (Å²) in [7, 11) is 1.57. The number of amidine groups is 1. The average Bonchev–Trinajstić information content (AvgIpc) is 3.48. The van der Waals surface area contributed by atoms with E-state index in [1.54, 1.807) is 7.11 Å². The Labute approximate surface area is 232 Å². The summed E-state index contributed by atoms with van der Waals surface area (Å²) in [6, 6.07) is 8.47. The molecule has 3 heterocycles. The van der Waals surface area contributed by atoms with Crippen molar-refractivity contribution in [2.24, 2.45) is 27.9 Å². The number of benzene rings is 1. The SMILES string of the molecule is CON=C1CCN(C(=O)C2CC=C(c3ccc(OCC4CCN(C5N=C(C(C)C)NO5)CC4)cc3)CC2)CC1. The number of rotatable bonds is 8. The van der Waals surface area contributed by atoms with Gasteiger partial charge < -0.3 is 14.5 Å². The van der Waals surface area contributed by atoms with Crippen LogP contribution in [0.5, 0.6) is 5.75 Å². The molecule has 1 amide bonds. The molecule has 4 aliphatic rings. The van der Waals surface area contributed by atoms with Crippen molar-refractivity contribution in [3.05, 3.63) is 35.9 Å². The second-order valence-corrected chi connectivity index (χ2v) is 11.4. The first-order chi connectivity index (χ1) is 19.0. The molecule has 39 heavy (non-hydrogen) atoms. The van der Waals surface area contributed by atoms with Crippen LogP contribution in [0.4, 0.5) is 0 Å². The Morgan fingerprint density at radius 2 is 1.85 bits per heavy atom. The van der Waals surface area contributed by atoms with Gasteiger partial charge in [0.15, 0.2) is 0 Å². The number of allylic oxidation sites excluding steroid dienone is 2. The highest BCUT2D eigenvalue weighted by molar-refractivity contribution is 5.88. The van der Waals surface area contributed by atoms with Crippen LogP contribution in [-0.2, 0) is 14.5 Å². The Balaban J connectivity index is 1.04. The highest BCUT2D eigenvalue weighted by Crippen LogP contribution is 2.32. The molecule has 1 N–H and O–H groups in total. The zero-order valence-corrected chi connectivity index (χ0v) is 23.6. The summed E-state index contributed by atoms with van der Waals surface area (Å²) < 4.78 is 6.16. The molecule has 9 heteroatoms. The van der Waals surface area contributed by atoms with Gasteiger partial charge >= 0.3 is 0 Å². The second-order valence-electron chi connectivity index (χ2n) is 11.4. The van der Waals surface area contributed by atoms with Crippen molar-refractivity contribution in [3.8, 4) is 5.75 Å². The number of amides is 1. The molecular formula is C30H43N5O4. The van der Waals surface area contributed by atoms with Gasteiger partial charge in [-0.05, 0) is 61.3 Å². The van der Waals surface area contributed by atoms with Gasteiger partial charge in [0, 0.05) is 50.9 Å². The van der Waals surface area contributed by atoms with E-state index in [1.165, 1.54) is 11.1 Å². The van der Waals surface area contributed by atoms with E-state index < -0.39 is 0 Å². The van der Waals surface area contributed by atoms with Crippen molar-refractivity contribution in [2.75, 3.05) is 39.9 Å². The summed E-state index contributed by atoms with van der Waals surface area (Å²) in [6.45, 7) is 8.39. The van der Waals surface area contributed by atoms with Crippen LogP contribution in [0.1, 0.15) is 64.4 Å². The number of hydrogen-bond donors (Lipinski definition) is 1. The maximum Gasteiger partial charge on any atom is 0.233 e. The Bertz CT molecular complexity index is 1070. The minimum atomic E-state index is -0.201. The molecule has 0 aromatic heterocycles. The minimum Gasteiger partial charge on any atom is -0.493 e. The topological polar surface area (TPSA) is 88.0 Å². The fourth-order valence-corrected chi connectivity index (χ4v) is 5.81. The fraction of sp³-hybridized carbons (Fsp3) is 0.633. The predicted octanol–water partition coefficient (Wildman–Crippen LogP) is 4.46. The molecule has 0 spiro atoms. The Morgan fingerprint density at radius 1 is 1.10 bits per heavy atom. The molecule has 212 valence electrons. The molecule has 2 unspecified atom stereocenters. The van der Waals surface area contributed by atoms with Crippen LogP contribution in [-0.4, -0.2) is 73.5 Å². The normalized spacial score (nSPS) is 24.7. The molecule has 1 aromatic carbocycles. The third kappa shape index (κ3) is 7.00. The van der Waals surface area contributed by atoms with E-state index in [0.29, 0.717) is 11.8 Å². The van der Waals surface area contributed by atoms with Crippen molar-refractivity contribution in [3.63, 3.8) is 0 Å². The minimum absolute atomic E-state index is 0.0873. The number of hydroxylamine groups is 1. The number of oxime groups is 1. The number of nitrogens with zero attached hydrogens (tertiary/aromatic N) is 4. The van der Waals surface area contributed by atoms with Crippen LogP contribution in [0.2, 0.25) is 0 Å². The number of carbonyl (C=O) groups is 1. The van der Waals surface area contributed by atoms with Gasteiger partial charge in [0.2, 0.25) is 12.3 Å². The van der Waals surface area contributed by atoms with Crippen LogP contribution >= 0.6 is 0 Å². The first-order valence-electron chi connectivity index (χ1n) is 14.5. The van der Waals surface area contributed by atoms with Gasteiger partial charge in [-0.2, -0.15) is 0 Å². The van der Waals surface area contributed by atoms with E-state index in [1.807, 2.05) is 4.90 Å². The van der Waals surface area contributed by atoms with Crippen molar-refractivity contribution >= 4 is 23.0 Å². The number of aliphatic imine (C=N–C) groups is 1. The van der Waals surface area contributed by atoms with Crippen molar-refractivity contribution in [2.45, 2.75) is 65.1 Å². The maximum atomic E-state index is 13.0. The van der Waals surface area contributed by atoms with E-state index in [2.05, 4.69) is 64.7 Å². The number of hydrogen-bond acceptors (Lipinski definition) is 8. The van der Waals surface area contributed by atoms with Crippen molar-refractivity contribution < 1.29 is 19.2 Å². The summed E-state index contributed by atoms with van der Waals surface area (Å²) in [5.74, 6) is 3.11. The Hall–Kier alpha value is -2.91. The monoisotopic (exact) mass is 537 g/mol. The van der Waals surface area contributed by atoms with Crippen molar-refractivity contribution in [1.82, 2.24) is 15.3 Å². The summed E-state index contributed by atoms with van der Waals surface area (Å²) >= 11 is 0. The Kier molecular flexibility index (Phi) is 9.19. The number of nitrogens with one attached hydrogen (secondary N) is 1. The molecule has 1 aromatic rings. The molecule has 2 atom stereocenters. The van der Waals surface area contributed by atoms with Gasteiger partial charge in [-0.25, -0.2) is 15.3 Å². The number of ether oxygens (including phenoxy) is 1. The molecule has 5 rings (SSSR count). The van der Waals surface area contributed by atoms with Crippen LogP contribution in [0.25, 0.3) is 5.57 Å². The smallest absolute Gasteiger partial charge is 0.233 e. The summed E-state index contributed by atoms with van der Waals surface area (Å²) in [5.41, 5.74) is 6.58. The Morgan fingerprint density at radius 3 is 2.46 bits per heavy atom. The molecule has 9 nitrogen and oxygen atoms in total. The molecule has 1 aliphatic carbocycles. The zero-order valence-electron chi connectivity index (χ0n) is 23.6. The lowest BCUT2D eigenvalue weighted by atomic mass is 9.85. The van der Waals surface area contributed by atoms with Gasteiger partial charge in [-0.15, -0.1) is 0 Å². The molecule has 3 aliphatic heterocycles. The summed E-state index contributed by atoms with van der Waals surface area (Å²) in [5, 5.41) is 4.05. The van der Waals surface area contributed by atoms with Gasteiger partial charge in [0.25, 0.3) is 0 Å². The molecular weight excluding hydrogens is 494 g/mol. The van der Waals surface area contributed by atoms with Crippen LogP contribution < -0.4 is 10.2 Å². The lowest BCUT2D eigenvalue weighted by Crippen LogP contribution is -2.42. The molecule has 2 saturated heterocycles. The van der Waals surface area contributed by atoms with E-state index in [4.69, 9.17) is 14.4 Å². The number of carbonyl (C=O) groups excluding carboxylic acids is 1. The number of piperidine rings is 2.